The van der Waals surface area contributed by atoms with Crippen LogP contribution in [0.4, 0.5) is 0 Å². The van der Waals surface area contributed by atoms with Crippen molar-refractivity contribution < 1.29 is 20.8 Å². The van der Waals surface area contributed by atoms with E-state index in [9.17, 15) is 0 Å². The molecule has 0 atom stereocenters. The van der Waals surface area contributed by atoms with E-state index in [1.807, 2.05) is 6.07 Å². The molecular weight excluding hydrogens is 1010 g/mol. The van der Waals surface area contributed by atoms with E-state index in [2.05, 4.69) is 269 Å². The monoisotopic (exact) mass is 1070 g/mol. The van der Waals surface area contributed by atoms with Crippen LogP contribution in [0.3, 0.4) is 0 Å². The molecule has 72 heavy (non-hydrogen) atoms. The van der Waals surface area contributed by atoms with Gasteiger partial charge in [-0.2, -0.15) is 41.6 Å². The summed E-state index contributed by atoms with van der Waals surface area (Å²) in [5.74, 6) is 1.06. The third kappa shape index (κ3) is 11.9. The maximum absolute atomic E-state index is 4.93. The zero-order chi connectivity index (χ0) is 51.2. The summed E-state index contributed by atoms with van der Waals surface area (Å²) in [7, 11) is 10.7. The molecule has 1 aliphatic heterocycles. The van der Waals surface area contributed by atoms with Gasteiger partial charge >= 0.3 is 37.9 Å². The minimum Gasteiger partial charge on any atom is -0.184 e. The minimum absolute atomic E-state index is 0.0720. The number of hydrogen-bond donors (Lipinski definition) is 0. The molecule has 0 aliphatic carbocycles. The van der Waals surface area contributed by atoms with E-state index >= 15 is 0 Å². The van der Waals surface area contributed by atoms with Gasteiger partial charge in [-0.3, -0.25) is 0 Å². The Bertz CT molecular complexity index is 3170. The molecule has 0 saturated heterocycles. The quantitative estimate of drug-likeness (QED) is 0.115. The molecule has 4 heteroatoms. The Hall–Kier alpha value is -5.34. The van der Waals surface area contributed by atoms with E-state index in [-0.39, 0.29) is 10.8 Å². The Morgan fingerprint density at radius 1 is 0.444 bits per heavy atom. The second kappa shape index (κ2) is 23.3. The van der Waals surface area contributed by atoms with Crippen molar-refractivity contribution in [3.8, 4) is 55.6 Å². The SMILES string of the molecule is CC(C)c1cc2c(-c3ccccc3-c3ccccc3)c(C(C)(C)C)ccc2[cH-]1.CC(C)c1cc2c(-c3ccccc3-c3ccccc3)c(C(C)(C)C)ccc2[cH-]1.[Cl][Zr][Cl].[c-]1cccc2c1[Si]c1ccccc1-2. The van der Waals surface area contributed by atoms with Crippen molar-refractivity contribution in [2.24, 2.45) is 0 Å². The first-order valence-corrected chi connectivity index (χ1v) is 32.5. The van der Waals surface area contributed by atoms with Crippen LogP contribution < -0.4 is 10.4 Å². The Labute approximate surface area is 451 Å². The van der Waals surface area contributed by atoms with E-state index < -0.39 is 20.8 Å². The average Bonchev–Trinajstić information content (AvgIpc) is 4.13. The zero-order valence-corrected chi connectivity index (χ0v) is 48.4. The Morgan fingerprint density at radius 3 is 1.24 bits per heavy atom. The number of halogens is 2. The predicted octanol–water partition coefficient (Wildman–Crippen LogP) is 19.1. The molecule has 0 saturated carbocycles. The fourth-order valence-electron chi connectivity index (χ4n) is 9.97. The summed E-state index contributed by atoms with van der Waals surface area (Å²) >= 11 is -0.826. The molecule has 1 heterocycles. The van der Waals surface area contributed by atoms with Gasteiger partial charge in [0.2, 0.25) is 0 Å². The van der Waals surface area contributed by atoms with Crippen LogP contribution in [-0.4, -0.2) is 9.52 Å². The molecule has 0 N–H and O–H groups in total. The van der Waals surface area contributed by atoms with Crippen LogP contribution in [0.15, 0.2) is 200 Å². The van der Waals surface area contributed by atoms with Gasteiger partial charge in [-0.05, 0) is 56.0 Å². The summed E-state index contributed by atoms with van der Waals surface area (Å²) in [5.41, 5.74) is 19.1. The molecule has 0 fully saturated rings. The Balaban J connectivity index is 0.000000149. The zero-order valence-electron chi connectivity index (χ0n) is 43.5. The summed E-state index contributed by atoms with van der Waals surface area (Å²) in [6, 6.07) is 76.2. The van der Waals surface area contributed by atoms with Crippen molar-refractivity contribution in [3.05, 3.63) is 229 Å². The Kier molecular flexibility index (Phi) is 17.1. The first-order chi connectivity index (χ1) is 34.6. The van der Waals surface area contributed by atoms with Gasteiger partial charge in [-0.1, -0.05) is 236 Å². The first kappa shape index (κ1) is 53.0. The second-order valence-electron chi connectivity index (χ2n) is 21.4. The molecule has 0 bridgehead atoms. The van der Waals surface area contributed by atoms with Gasteiger partial charge in [-0.15, -0.1) is 74.6 Å². The summed E-state index contributed by atoms with van der Waals surface area (Å²) < 4.78 is 0. The van der Waals surface area contributed by atoms with Gasteiger partial charge < -0.3 is 0 Å². The second-order valence-corrected chi connectivity index (χ2v) is 26.4. The van der Waals surface area contributed by atoms with Crippen LogP contribution in [0.2, 0.25) is 0 Å². The van der Waals surface area contributed by atoms with E-state index in [0.29, 0.717) is 11.8 Å². The summed E-state index contributed by atoms with van der Waals surface area (Å²) in [6.07, 6.45) is 0. The maximum Gasteiger partial charge on any atom is 0.0920 e. The number of benzene rings is 8. The smallest absolute Gasteiger partial charge is 0.0920 e. The van der Waals surface area contributed by atoms with Crippen LogP contribution in [0, 0.1) is 6.07 Å². The van der Waals surface area contributed by atoms with Crippen LogP contribution in [0.25, 0.3) is 77.2 Å². The topological polar surface area (TPSA) is 0 Å². The van der Waals surface area contributed by atoms with E-state index in [4.69, 9.17) is 17.0 Å². The fraction of sp³-hybridized carbons (Fsp3) is 0.206. The molecule has 2 radical (unpaired) electrons. The van der Waals surface area contributed by atoms with E-state index in [1.165, 1.54) is 110 Å². The largest absolute Gasteiger partial charge is 0.184 e. The van der Waals surface area contributed by atoms with Crippen molar-refractivity contribution in [2.45, 2.75) is 91.9 Å². The molecule has 11 rings (SSSR count). The third-order valence-electron chi connectivity index (χ3n) is 13.7. The Morgan fingerprint density at radius 2 is 0.819 bits per heavy atom. The molecule has 362 valence electrons. The summed E-state index contributed by atoms with van der Waals surface area (Å²) in [6.45, 7) is 23.0. The number of fused-ring (bicyclic) bond motifs is 5. The van der Waals surface area contributed by atoms with Crippen molar-refractivity contribution in [1.82, 2.24) is 0 Å². The standard InChI is InChI=1S/2C28H29.C12H7Si.2ClH.Zr/c2*1-19(2)22-17-21-15-16-26(28(3,4)5)27(25(21)18-22)24-14-10-9-13-23(24)20-11-7-6-8-12-20;1-3-7-11-9(5-1)10-6-2-4-8-12(10)13-11;;;/h2*6-19H,1-5H3;1-7H;2*1H;/q3*-1;;;+2/p-2. The average molecular weight is 1070 g/mol. The first-order valence-electron chi connectivity index (χ1n) is 25.2. The van der Waals surface area contributed by atoms with Gasteiger partial charge in [0, 0.05) is 0 Å². The molecule has 0 spiro atoms. The van der Waals surface area contributed by atoms with Crippen molar-refractivity contribution in [1.29, 1.82) is 0 Å². The molecule has 0 unspecified atom stereocenters. The van der Waals surface area contributed by atoms with Gasteiger partial charge in [0.05, 0.1) is 9.52 Å². The van der Waals surface area contributed by atoms with Gasteiger partial charge in [-0.25, -0.2) is 0 Å². The summed E-state index contributed by atoms with van der Waals surface area (Å²) in [4.78, 5) is 0. The molecule has 10 aromatic rings. The third-order valence-corrected chi connectivity index (χ3v) is 15.0. The number of rotatable bonds is 6. The van der Waals surface area contributed by atoms with Crippen LogP contribution >= 0.6 is 17.0 Å². The van der Waals surface area contributed by atoms with Crippen LogP contribution in [-0.2, 0) is 31.7 Å². The molecule has 0 amide bonds. The molecule has 1 aliphatic rings. The predicted molar refractivity (Wildman–Crippen MR) is 314 cm³/mol. The molecular formula is C68H65Cl2SiZr-3. The van der Waals surface area contributed by atoms with Gasteiger partial charge in [0.1, 0.15) is 0 Å². The minimum atomic E-state index is -0.826. The van der Waals surface area contributed by atoms with Crippen molar-refractivity contribution in [3.63, 3.8) is 0 Å². The normalized spacial score (nSPS) is 11.8. The number of hydrogen-bond acceptors (Lipinski definition) is 0. The van der Waals surface area contributed by atoms with Crippen molar-refractivity contribution >= 4 is 58.5 Å². The maximum atomic E-state index is 4.93. The van der Waals surface area contributed by atoms with E-state index in [1.54, 1.807) is 0 Å². The van der Waals surface area contributed by atoms with E-state index in [0.717, 1.165) is 9.52 Å². The molecule has 0 aromatic heterocycles. The molecule has 10 aromatic carbocycles. The summed E-state index contributed by atoms with van der Waals surface area (Å²) in [5, 5.41) is 8.26. The van der Waals surface area contributed by atoms with Crippen LogP contribution in [0.5, 0.6) is 0 Å². The van der Waals surface area contributed by atoms with Gasteiger partial charge in [0.15, 0.2) is 0 Å². The van der Waals surface area contributed by atoms with Crippen molar-refractivity contribution in [2.75, 3.05) is 0 Å². The molecule has 0 nitrogen and oxygen atoms in total. The fourth-order valence-corrected chi connectivity index (χ4v) is 11.3. The van der Waals surface area contributed by atoms with Crippen LogP contribution in [0.1, 0.15) is 103 Å². The van der Waals surface area contributed by atoms with Gasteiger partial charge in [0.25, 0.3) is 0 Å².